The highest BCUT2D eigenvalue weighted by Gasteiger charge is 2.52. The number of imidazole rings is 1. The molecule has 17 heteroatoms. The number of carbonyl (C=O) groups excluding carboxylic acids is 4. The lowest BCUT2D eigenvalue weighted by Crippen LogP contribution is -2.54. The van der Waals surface area contributed by atoms with Crippen molar-refractivity contribution in [3.05, 3.63) is 83.3 Å². The van der Waals surface area contributed by atoms with Gasteiger partial charge in [-0.05, 0) is 95.5 Å². The summed E-state index contributed by atoms with van der Waals surface area (Å²) >= 11 is 0. The number of amides is 4. The van der Waals surface area contributed by atoms with E-state index in [2.05, 4.69) is 27.0 Å². The third-order valence-corrected chi connectivity index (χ3v) is 13.6. The highest BCUT2D eigenvalue weighted by molar-refractivity contribution is 5.89. The molecular weight excluding hydrogens is 837 g/mol. The maximum absolute atomic E-state index is 16.5. The molecule has 7 atom stereocenters. The number of benzene rings is 3. The summed E-state index contributed by atoms with van der Waals surface area (Å²) in [7, 11) is 2.49. The second-order valence-corrected chi connectivity index (χ2v) is 18.3. The molecule has 2 bridgehead atoms. The van der Waals surface area contributed by atoms with E-state index in [1.807, 2.05) is 43.0 Å². The monoisotopic (exact) mass is 891 g/mol. The molecule has 65 heavy (non-hydrogen) atoms. The van der Waals surface area contributed by atoms with Crippen LogP contribution in [0.25, 0.3) is 39.0 Å². The number of nitrogens with zero attached hydrogens (tertiary/aromatic N) is 4. The minimum Gasteiger partial charge on any atom is -0.453 e. The topological polar surface area (TPSA) is 208 Å². The number of fused-ring (bicyclic) bond motifs is 6. The lowest BCUT2D eigenvalue weighted by atomic mass is 9.95. The van der Waals surface area contributed by atoms with Gasteiger partial charge in [-0.3, -0.25) is 9.59 Å². The number of alkyl halides is 2. The van der Waals surface area contributed by atoms with Crippen molar-refractivity contribution < 1.29 is 37.4 Å². The molecule has 2 aliphatic heterocycles. The highest BCUT2D eigenvalue weighted by atomic mass is 19.3. The maximum Gasteiger partial charge on any atom is 0.407 e. The number of aromatic amines is 1. The normalized spacial score (nSPS) is 22.7. The number of H-pyrrole nitrogens is 1. The van der Waals surface area contributed by atoms with Gasteiger partial charge in [0.05, 0.1) is 55.0 Å². The number of nitriles is 1. The van der Waals surface area contributed by atoms with Crippen molar-refractivity contribution in [1.82, 2.24) is 35.7 Å². The molecule has 6 N–H and O–H groups in total. The number of likely N-dealkylation sites (tertiary alicyclic amines) is 2. The zero-order chi connectivity index (χ0) is 46.5. The molecule has 2 aliphatic carbocycles. The molecule has 3 heterocycles. The Morgan fingerprint density at radius 2 is 1.54 bits per heavy atom. The zero-order valence-corrected chi connectivity index (χ0v) is 37.3. The molecule has 1 aromatic heterocycles. The minimum atomic E-state index is -3.33. The molecule has 0 radical (unpaired) electrons. The Bertz CT molecular complexity index is 2600. The van der Waals surface area contributed by atoms with Gasteiger partial charge in [0.25, 0.3) is 5.92 Å². The van der Waals surface area contributed by atoms with Crippen LogP contribution in [0.2, 0.25) is 0 Å². The van der Waals surface area contributed by atoms with Gasteiger partial charge in [-0.1, -0.05) is 58.0 Å². The zero-order valence-electron chi connectivity index (χ0n) is 37.3. The summed E-state index contributed by atoms with van der Waals surface area (Å²) in [6.07, 6.45) is 3.22. The number of carbonyl (C=O) groups is 4. The number of aromatic nitrogens is 2. The van der Waals surface area contributed by atoms with Crippen molar-refractivity contribution in [2.45, 2.75) is 89.5 Å². The number of methoxy groups -OCH3 is 2. The minimum absolute atomic E-state index is 0.0353. The summed E-state index contributed by atoms with van der Waals surface area (Å²) in [5, 5.41) is 18.1. The van der Waals surface area contributed by atoms with E-state index in [1.165, 1.54) is 32.6 Å². The number of rotatable bonds is 12. The van der Waals surface area contributed by atoms with Crippen LogP contribution in [-0.2, 0) is 25.0 Å². The number of hydrogen-bond donors (Lipinski definition) is 5. The fraction of sp³-hybridized carbons (Fsp3) is 0.458. The summed E-state index contributed by atoms with van der Waals surface area (Å²) in [4.78, 5) is 63.7. The van der Waals surface area contributed by atoms with Crippen LogP contribution in [0, 0.1) is 35.0 Å². The maximum atomic E-state index is 16.5. The van der Waals surface area contributed by atoms with Crippen molar-refractivity contribution in [3.63, 3.8) is 0 Å². The summed E-state index contributed by atoms with van der Waals surface area (Å²) in [5.41, 5.74) is 10.3. The molecule has 3 aromatic carbocycles. The molecule has 3 fully saturated rings. The quantitative estimate of drug-likeness (QED) is 0.101. The fourth-order valence-electron chi connectivity index (χ4n) is 10.2. The van der Waals surface area contributed by atoms with E-state index in [1.54, 1.807) is 36.9 Å². The van der Waals surface area contributed by atoms with E-state index in [9.17, 15) is 24.4 Å². The molecule has 342 valence electrons. The molecule has 4 amide bonds. The van der Waals surface area contributed by atoms with E-state index in [0.717, 1.165) is 19.3 Å². The van der Waals surface area contributed by atoms with Gasteiger partial charge in [0.15, 0.2) is 0 Å². The van der Waals surface area contributed by atoms with Gasteiger partial charge < -0.3 is 45.9 Å². The summed E-state index contributed by atoms with van der Waals surface area (Å²) in [5.74, 6) is -3.77. The number of nitrogens with two attached hydrogens (primary N) is 1. The van der Waals surface area contributed by atoms with E-state index in [-0.39, 0.29) is 77.6 Å². The molecule has 0 spiro atoms. The molecule has 3 unspecified atom stereocenters. The lowest BCUT2D eigenvalue weighted by Gasteiger charge is -2.37. The number of halogens is 2. The number of ether oxygens (including phenoxy) is 2. The van der Waals surface area contributed by atoms with Crippen molar-refractivity contribution >= 4 is 40.7 Å². The summed E-state index contributed by atoms with van der Waals surface area (Å²) < 4.78 is 42.5. The Balaban J connectivity index is 0.985. The van der Waals surface area contributed by atoms with Crippen LogP contribution >= 0.6 is 0 Å². The Morgan fingerprint density at radius 3 is 2.20 bits per heavy atom. The first-order valence-electron chi connectivity index (χ1n) is 22.1. The van der Waals surface area contributed by atoms with E-state index in [4.69, 9.17) is 20.2 Å². The first-order chi connectivity index (χ1) is 31.0. The van der Waals surface area contributed by atoms with E-state index >= 15 is 8.78 Å². The van der Waals surface area contributed by atoms with Crippen molar-refractivity contribution in [1.29, 1.82) is 5.26 Å². The molecule has 4 aromatic rings. The summed E-state index contributed by atoms with van der Waals surface area (Å²) in [6.45, 7) is 7.82. The standard InChI is InChI=1S/C48H55F2N9O6/c1-24(2)40(56-46(62)64-5)44(60)58-23-26(20-51)15-32(58)21-53-22-37(52)29-9-13-34-33-12-8-27(17-35(33)48(49,50)36(34)18-29)28-10-14-38-39(19-28)55-43(54-38)42-30-7-11-31(16-30)59(42)45(61)41(25(3)4)57-47(63)65-6/h8-10,12-14,17-19,22,24-26,30-32,40-42,53H,7,11,15-16,21,23,52H2,1-6H3,(H,54,55)(H,56,62)(H,57,63)/b37-22-/t26-,30?,31-,32+,40?,41+,42?/m1/s1. The van der Waals surface area contributed by atoms with Crippen LogP contribution < -0.4 is 21.7 Å². The molecule has 1 saturated carbocycles. The number of piperidine rings is 1. The second kappa shape index (κ2) is 17.7. The average Bonchev–Trinajstić information content (AvgIpc) is 4.14. The van der Waals surface area contributed by atoms with Gasteiger partial charge in [-0.15, -0.1) is 0 Å². The van der Waals surface area contributed by atoms with Gasteiger partial charge >= 0.3 is 12.2 Å². The molecule has 4 aliphatic rings. The van der Waals surface area contributed by atoms with E-state index < -0.39 is 36.1 Å². The van der Waals surface area contributed by atoms with E-state index in [0.29, 0.717) is 51.1 Å². The van der Waals surface area contributed by atoms with Gasteiger partial charge in [-0.25, -0.2) is 14.6 Å². The smallest absolute Gasteiger partial charge is 0.407 e. The first-order valence-corrected chi connectivity index (χ1v) is 22.1. The SMILES string of the molecule is COC(=O)NC(C(=O)N1C[C@@H](C#N)C[C@H]1CN/C=C(\N)c1ccc2c(c1)C(F)(F)c1cc(-c3ccc4nc(C5C6CC[C@H](C6)N5C(=O)[C@@H](NC(=O)OC)C(C)C)[nH]c4c3)ccc1-2)C(C)C. The van der Waals surface area contributed by atoms with Gasteiger partial charge in [0.1, 0.15) is 17.9 Å². The van der Waals surface area contributed by atoms with Crippen LogP contribution in [0.3, 0.4) is 0 Å². The van der Waals surface area contributed by atoms with Crippen LogP contribution in [0.15, 0.2) is 60.8 Å². The van der Waals surface area contributed by atoms with Crippen LogP contribution in [0.4, 0.5) is 18.4 Å². The van der Waals surface area contributed by atoms with Gasteiger partial charge in [0, 0.05) is 36.5 Å². The van der Waals surface area contributed by atoms with Crippen LogP contribution in [0.1, 0.15) is 81.9 Å². The molecule has 8 rings (SSSR count). The Kier molecular flexibility index (Phi) is 12.2. The van der Waals surface area contributed by atoms with Crippen molar-refractivity contribution in [2.24, 2.45) is 29.4 Å². The third kappa shape index (κ3) is 8.30. The van der Waals surface area contributed by atoms with Crippen LogP contribution in [0.5, 0.6) is 0 Å². The average molecular weight is 892 g/mol. The lowest BCUT2D eigenvalue weighted by molar-refractivity contribution is -0.139. The van der Waals surface area contributed by atoms with Crippen LogP contribution in [-0.4, -0.2) is 95.2 Å². The number of alkyl carbamates (subject to hydrolysis) is 2. The van der Waals surface area contributed by atoms with Gasteiger partial charge in [-0.2, -0.15) is 14.0 Å². The number of nitrogens with one attached hydrogen (secondary N) is 4. The third-order valence-electron chi connectivity index (χ3n) is 13.6. The molecule has 2 saturated heterocycles. The Labute approximate surface area is 376 Å². The van der Waals surface area contributed by atoms with Gasteiger partial charge in [0.2, 0.25) is 11.8 Å². The Hall–Kier alpha value is -6.70. The molecule has 15 nitrogen and oxygen atoms in total. The predicted molar refractivity (Wildman–Crippen MR) is 238 cm³/mol. The largest absolute Gasteiger partial charge is 0.453 e. The summed E-state index contributed by atoms with van der Waals surface area (Å²) in [6, 6.07) is 15.4. The predicted octanol–water partition coefficient (Wildman–Crippen LogP) is 6.75. The Morgan fingerprint density at radius 1 is 0.908 bits per heavy atom. The first kappa shape index (κ1) is 44.9. The van der Waals surface area contributed by atoms with Crippen molar-refractivity contribution in [2.75, 3.05) is 27.3 Å². The van der Waals surface area contributed by atoms with Crippen molar-refractivity contribution in [3.8, 4) is 28.3 Å². The highest BCUT2D eigenvalue weighted by Crippen LogP contribution is 2.53. The second-order valence-electron chi connectivity index (χ2n) is 18.3. The number of hydrogen-bond acceptors (Lipinski definition) is 10. The fourth-order valence-corrected chi connectivity index (χ4v) is 10.2. The molecular formula is C48H55F2N9O6.